The summed E-state index contributed by atoms with van der Waals surface area (Å²) in [5.41, 5.74) is 11.7. The molecule has 0 fully saturated rings. The predicted molar refractivity (Wildman–Crippen MR) is 77.0 cm³/mol. The molecular weight excluding hydrogens is 238 g/mol. The Kier molecular flexibility index (Phi) is 2.42. The van der Waals surface area contributed by atoms with Gasteiger partial charge in [0.25, 0.3) is 0 Å². The predicted octanol–water partition coefficient (Wildman–Crippen LogP) is 3.34. The maximum Gasteiger partial charge on any atom is 0.171 e. The lowest BCUT2D eigenvalue weighted by atomic mass is 10.0. The molecule has 0 bridgehead atoms. The zero-order valence-corrected chi connectivity index (χ0v) is 11.6. The standard InChI is InChI=1S/C15H17N3O/c1-8-5-6-11-14(12-7-13(16)17-19-12)10(3)18(4)15(11)9(8)2/h5-7H,1-4H3,(H2,16,17). The van der Waals surface area contributed by atoms with Crippen LogP contribution in [0.5, 0.6) is 0 Å². The molecule has 2 aromatic heterocycles. The van der Waals surface area contributed by atoms with Crippen LogP contribution in [0.1, 0.15) is 16.8 Å². The first kappa shape index (κ1) is 11.8. The fraction of sp³-hybridized carbons (Fsp3) is 0.267. The Morgan fingerprint density at radius 2 is 1.95 bits per heavy atom. The third-order valence-electron chi connectivity index (χ3n) is 3.95. The minimum absolute atomic E-state index is 0.412. The molecule has 0 aliphatic rings. The molecule has 0 saturated heterocycles. The van der Waals surface area contributed by atoms with Gasteiger partial charge in [0.2, 0.25) is 0 Å². The van der Waals surface area contributed by atoms with Crippen molar-refractivity contribution >= 4 is 16.7 Å². The molecular formula is C15H17N3O. The fourth-order valence-corrected chi connectivity index (χ4v) is 2.68. The fourth-order valence-electron chi connectivity index (χ4n) is 2.68. The number of hydrogen-bond acceptors (Lipinski definition) is 3. The zero-order valence-electron chi connectivity index (χ0n) is 11.6. The second kappa shape index (κ2) is 3.88. The normalized spacial score (nSPS) is 11.4. The first-order chi connectivity index (χ1) is 9.00. The lowest BCUT2D eigenvalue weighted by molar-refractivity contribution is 0.436. The molecule has 0 saturated carbocycles. The Hall–Kier alpha value is -2.23. The zero-order chi connectivity index (χ0) is 13.7. The molecule has 2 N–H and O–H groups in total. The van der Waals surface area contributed by atoms with Gasteiger partial charge in [-0.25, -0.2) is 0 Å². The number of fused-ring (bicyclic) bond motifs is 1. The number of aryl methyl sites for hydroxylation is 3. The molecule has 3 aromatic rings. The van der Waals surface area contributed by atoms with Crippen LogP contribution in [-0.2, 0) is 7.05 Å². The summed E-state index contributed by atoms with van der Waals surface area (Å²) in [6.07, 6.45) is 0. The highest BCUT2D eigenvalue weighted by Crippen LogP contribution is 2.36. The van der Waals surface area contributed by atoms with Crippen molar-refractivity contribution in [2.24, 2.45) is 7.05 Å². The molecule has 0 spiro atoms. The van der Waals surface area contributed by atoms with Gasteiger partial charge in [0.15, 0.2) is 11.6 Å². The van der Waals surface area contributed by atoms with E-state index >= 15 is 0 Å². The van der Waals surface area contributed by atoms with Crippen LogP contribution in [0.3, 0.4) is 0 Å². The van der Waals surface area contributed by atoms with Crippen molar-refractivity contribution in [2.45, 2.75) is 20.8 Å². The summed E-state index contributed by atoms with van der Waals surface area (Å²) in [6.45, 7) is 6.36. The number of hydrogen-bond donors (Lipinski definition) is 1. The number of rotatable bonds is 1. The Balaban J connectivity index is 2.44. The van der Waals surface area contributed by atoms with Crippen molar-refractivity contribution in [3.05, 3.63) is 35.0 Å². The van der Waals surface area contributed by atoms with Gasteiger partial charge in [-0.15, -0.1) is 0 Å². The molecule has 19 heavy (non-hydrogen) atoms. The molecule has 0 aliphatic heterocycles. The van der Waals surface area contributed by atoms with Crippen LogP contribution in [0, 0.1) is 20.8 Å². The van der Waals surface area contributed by atoms with E-state index in [1.807, 2.05) is 0 Å². The number of anilines is 1. The van der Waals surface area contributed by atoms with Crippen LogP contribution in [0.2, 0.25) is 0 Å². The summed E-state index contributed by atoms with van der Waals surface area (Å²) in [6, 6.07) is 6.05. The highest BCUT2D eigenvalue weighted by Gasteiger charge is 2.18. The highest BCUT2D eigenvalue weighted by atomic mass is 16.5. The number of nitrogens with zero attached hydrogens (tertiary/aromatic N) is 2. The second-order valence-electron chi connectivity index (χ2n) is 5.04. The van der Waals surface area contributed by atoms with E-state index in [0.29, 0.717) is 5.82 Å². The molecule has 2 heterocycles. The van der Waals surface area contributed by atoms with Gasteiger partial charge in [-0.1, -0.05) is 17.3 Å². The van der Waals surface area contributed by atoms with Crippen LogP contribution >= 0.6 is 0 Å². The smallest absolute Gasteiger partial charge is 0.171 e. The summed E-state index contributed by atoms with van der Waals surface area (Å²) < 4.78 is 7.53. The minimum atomic E-state index is 0.412. The Morgan fingerprint density at radius 1 is 1.21 bits per heavy atom. The highest BCUT2D eigenvalue weighted by molar-refractivity contribution is 5.99. The quantitative estimate of drug-likeness (QED) is 0.725. The van der Waals surface area contributed by atoms with Crippen LogP contribution in [-0.4, -0.2) is 9.72 Å². The molecule has 98 valence electrons. The summed E-state index contributed by atoms with van der Waals surface area (Å²) in [5.74, 6) is 1.14. The van der Waals surface area contributed by atoms with E-state index in [4.69, 9.17) is 10.3 Å². The van der Waals surface area contributed by atoms with Crippen LogP contribution in [0.15, 0.2) is 22.7 Å². The van der Waals surface area contributed by atoms with Gasteiger partial charge >= 0.3 is 0 Å². The molecule has 4 heteroatoms. The lowest BCUT2D eigenvalue weighted by Gasteiger charge is -2.05. The van der Waals surface area contributed by atoms with Crippen molar-refractivity contribution in [1.29, 1.82) is 0 Å². The van der Waals surface area contributed by atoms with Gasteiger partial charge in [-0.3, -0.25) is 0 Å². The van der Waals surface area contributed by atoms with Gasteiger partial charge in [0.1, 0.15) is 0 Å². The van der Waals surface area contributed by atoms with E-state index in [2.05, 4.69) is 49.7 Å². The van der Waals surface area contributed by atoms with Crippen LogP contribution < -0.4 is 5.73 Å². The first-order valence-electron chi connectivity index (χ1n) is 6.28. The van der Waals surface area contributed by atoms with Gasteiger partial charge in [0.05, 0.1) is 5.52 Å². The molecule has 1 aromatic carbocycles. The monoisotopic (exact) mass is 255 g/mol. The summed E-state index contributed by atoms with van der Waals surface area (Å²) in [7, 11) is 2.08. The largest absolute Gasteiger partial charge is 0.381 e. The van der Waals surface area contributed by atoms with E-state index < -0.39 is 0 Å². The summed E-state index contributed by atoms with van der Waals surface area (Å²) >= 11 is 0. The molecule has 0 unspecified atom stereocenters. The van der Waals surface area contributed by atoms with E-state index in [0.717, 1.165) is 17.0 Å². The van der Waals surface area contributed by atoms with E-state index in [1.165, 1.54) is 22.0 Å². The first-order valence-corrected chi connectivity index (χ1v) is 6.28. The number of nitrogen functional groups attached to an aromatic ring is 1. The van der Waals surface area contributed by atoms with E-state index in [1.54, 1.807) is 6.07 Å². The number of aromatic nitrogens is 2. The summed E-state index contributed by atoms with van der Waals surface area (Å²) in [4.78, 5) is 0. The van der Waals surface area contributed by atoms with Gasteiger partial charge < -0.3 is 14.8 Å². The molecule has 3 rings (SSSR count). The number of benzene rings is 1. The van der Waals surface area contributed by atoms with Gasteiger partial charge in [0, 0.05) is 29.8 Å². The Labute approximate surface area is 111 Å². The van der Waals surface area contributed by atoms with E-state index in [9.17, 15) is 0 Å². The van der Waals surface area contributed by atoms with Crippen molar-refractivity contribution in [2.75, 3.05) is 5.73 Å². The third kappa shape index (κ3) is 1.56. The number of nitrogens with two attached hydrogens (primary N) is 1. The molecule has 4 nitrogen and oxygen atoms in total. The SMILES string of the molecule is Cc1ccc2c(-c3cc(N)no3)c(C)n(C)c2c1C. The maximum absolute atomic E-state index is 5.66. The second-order valence-corrected chi connectivity index (χ2v) is 5.04. The van der Waals surface area contributed by atoms with Crippen molar-refractivity contribution < 1.29 is 4.52 Å². The van der Waals surface area contributed by atoms with Crippen LogP contribution in [0.4, 0.5) is 5.82 Å². The third-order valence-corrected chi connectivity index (χ3v) is 3.95. The Bertz CT molecular complexity index is 780. The van der Waals surface area contributed by atoms with Crippen molar-refractivity contribution in [1.82, 2.24) is 9.72 Å². The maximum atomic E-state index is 5.66. The Morgan fingerprint density at radius 3 is 2.58 bits per heavy atom. The van der Waals surface area contributed by atoms with Crippen molar-refractivity contribution in [3.8, 4) is 11.3 Å². The minimum Gasteiger partial charge on any atom is -0.381 e. The van der Waals surface area contributed by atoms with Crippen LogP contribution in [0.25, 0.3) is 22.2 Å². The van der Waals surface area contributed by atoms with Gasteiger partial charge in [-0.2, -0.15) is 0 Å². The molecule has 0 radical (unpaired) electrons. The molecule has 0 aliphatic carbocycles. The molecule has 0 amide bonds. The van der Waals surface area contributed by atoms with E-state index in [-0.39, 0.29) is 0 Å². The topological polar surface area (TPSA) is 57.0 Å². The lowest BCUT2D eigenvalue weighted by Crippen LogP contribution is -1.93. The average molecular weight is 255 g/mol. The average Bonchev–Trinajstić information content (AvgIpc) is 2.89. The summed E-state index contributed by atoms with van der Waals surface area (Å²) in [5, 5.41) is 4.96. The molecule has 0 atom stereocenters. The van der Waals surface area contributed by atoms with Gasteiger partial charge in [-0.05, 0) is 31.9 Å². The van der Waals surface area contributed by atoms with Crippen molar-refractivity contribution in [3.63, 3.8) is 0 Å².